The van der Waals surface area contributed by atoms with Crippen LogP contribution in [-0.2, 0) is 4.74 Å². The Morgan fingerprint density at radius 1 is 1.14 bits per heavy atom. The molecule has 2 aliphatic rings. The van der Waals surface area contributed by atoms with E-state index in [9.17, 15) is 0 Å². The highest BCUT2D eigenvalue weighted by Crippen LogP contribution is 2.32. The van der Waals surface area contributed by atoms with Crippen molar-refractivity contribution in [3.05, 3.63) is 0 Å². The molecule has 3 heteroatoms. The van der Waals surface area contributed by atoms with Crippen molar-refractivity contribution in [2.24, 2.45) is 11.3 Å². The maximum Gasteiger partial charge on any atom is 0.0472 e. The zero-order valence-corrected chi connectivity index (χ0v) is 14.3. The zero-order chi connectivity index (χ0) is 15.0. The lowest BCUT2D eigenvalue weighted by Gasteiger charge is -2.41. The summed E-state index contributed by atoms with van der Waals surface area (Å²) >= 11 is 0. The van der Waals surface area contributed by atoms with E-state index in [1.165, 1.54) is 71.1 Å². The van der Waals surface area contributed by atoms with E-state index in [0.29, 0.717) is 5.41 Å². The van der Waals surface area contributed by atoms with Crippen molar-refractivity contribution in [1.29, 1.82) is 0 Å². The van der Waals surface area contributed by atoms with E-state index in [1.54, 1.807) is 0 Å². The molecule has 0 radical (unpaired) electrons. The third-order valence-corrected chi connectivity index (χ3v) is 5.50. The maximum absolute atomic E-state index is 5.62. The molecular formula is C18H36N2O. The first kappa shape index (κ1) is 17.2. The fourth-order valence-electron chi connectivity index (χ4n) is 4.14. The van der Waals surface area contributed by atoms with Crippen LogP contribution in [0.1, 0.15) is 58.8 Å². The highest BCUT2D eigenvalue weighted by molar-refractivity contribution is 4.88. The average molecular weight is 296 g/mol. The Hall–Kier alpha value is -0.120. The lowest BCUT2D eigenvalue weighted by atomic mass is 9.79. The summed E-state index contributed by atoms with van der Waals surface area (Å²) in [6, 6.07) is 0. The number of hydrogen-bond donors (Lipinski definition) is 1. The fourth-order valence-corrected chi connectivity index (χ4v) is 4.14. The maximum atomic E-state index is 5.62. The van der Waals surface area contributed by atoms with Gasteiger partial charge < -0.3 is 15.0 Å². The van der Waals surface area contributed by atoms with Gasteiger partial charge in [-0.25, -0.2) is 0 Å². The van der Waals surface area contributed by atoms with Crippen molar-refractivity contribution in [3.63, 3.8) is 0 Å². The molecule has 1 N–H and O–H groups in total. The largest absolute Gasteiger partial charge is 0.381 e. The van der Waals surface area contributed by atoms with Gasteiger partial charge in [0.2, 0.25) is 0 Å². The number of rotatable bonds is 7. The predicted molar refractivity (Wildman–Crippen MR) is 89.7 cm³/mol. The first-order chi connectivity index (χ1) is 10.3. The minimum Gasteiger partial charge on any atom is -0.381 e. The molecule has 0 saturated carbocycles. The molecule has 2 aliphatic heterocycles. The Morgan fingerprint density at radius 3 is 2.67 bits per heavy atom. The molecule has 2 fully saturated rings. The topological polar surface area (TPSA) is 24.5 Å². The van der Waals surface area contributed by atoms with Crippen LogP contribution < -0.4 is 5.32 Å². The van der Waals surface area contributed by atoms with Crippen LogP contribution in [0.25, 0.3) is 0 Å². The third kappa shape index (κ3) is 5.54. The highest BCUT2D eigenvalue weighted by Gasteiger charge is 2.34. The van der Waals surface area contributed by atoms with E-state index in [4.69, 9.17) is 4.74 Å². The molecule has 2 heterocycles. The van der Waals surface area contributed by atoms with Gasteiger partial charge in [0.15, 0.2) is 0 Å². The molecule has 0 aromatic heterocycles. The smallest absolute Gasteiger partial charge is 0.0472 e. The van der Waals surface area contributed by atoms with Gasteiger partial charge in [-0.1, -0.05) is 26.7 Å². The molecular weight excluding hydrogens is 260 g/mol. The summed E-state index contributed by atoms with van der Waals surface area (Å²) in [6.07, 6.45) is 9.52. The zero-order valence-electron chi connectivity index (χ0n) is 14.3. The second kappa shape index (κ2) is 9.12. The summed E-state index contributed by atoms with van der Waals surface area (Å²) < 4.78 is 5.62. The summed E-state index contributed by atoms with van der Waals surface area (Å²) in [5.74, 6) is 0.986. The average Bonchev–Trinajstić information content (AvgIpc) is 2.72. The lowest BCUT2D eigenvalue weighted by molar-refractivity contribution is -0.00382. The van der Waals surface area contributed by atoms with Crippen molar-refractivity contribution < 1.29 is 4.74 Å². The Labute approximate surface area is 131 Å². The van der Waals surface area contributed by atoms with E-state index >= 15 is 0 Å². The molecule has 21 heavy (non-hydrogen) atoms. The summed E-state index contributed by atoms with van der Waals surface area (Å²) in [5.41, 5.74) is 0.457. The number of hydrogen-bond acceptors (Lipinski definition) is 3. The van der Waals surface area contributed by atoms with E-state index in [-0.39, 0.29) is 0 Å². The van der Waals surface area contributed by atoms with Crippen LogP contribution in [0.15, 0.2) is 0 Å². The molecule has 0 aromatic carbocycles. The van der Waals surface area contributed by atoms with Crippen LogP contribution in [0.4, 0.5) is 0 Å². The molecule has 0 amide bonds. The number of ether oxygens (including phenoxy) is 1. The van der Waals surface area contributed by atoms with Gasteiger partial charge in [0.1, 0.15) is 0 Å². The van der Waals surface area contributed by atoms with Gasteiger partial charge in [-0.15, -0.1) is 0 Å². The summed E-state index contributed by atoms with van der Waals surface area (Å²) in [6.45, 7) is 12.6. The predicted octanol–water partition coefficient (Wildman–Crippen LogP) is 3.29. The van der Waals surface area contributed by atoms with Crippen molar-refractivity contribution in [1.82, 2.24) is 10.2 Å². The summed E-state index contributed by atoms with van der Waals surface area (Å²) in [5, 5.41) is 3.61. The monoisotopic (exact) mass is 296 g/mol. The first-order valence-electron chi connectivity index (χ1n) is 9.29. The van der Waals surface area contributed by atoms with Crippen LogP contribution in [0.5, 0.6) is 0 Å². The van der Waals surface area contributed by atoms with E-state index in [1.807, 2.05) is 0 Å². The Bertz CT molecular complexity index is 276. The van der Waals surface area contributed by atoms with Gasteiger partial charge in [0.05, 0.1) is 0 Å². The molecule has 124 valence electrons. The van der Waals surface area contributed by atoms with E-state index in [0.717, 1.165) is 25.7 Å². The van der Waals surface area contributed by atoms with Gasteiger partial charge in [-0.05, 0) is 63.1 Å². The molecule has 0 bridgehead atoms. The van der Waals surface area contributed by atoms with Gasteiger partial charge in [0.25, 0.3) is 0 Å². The third-order valence-electron chi connectivity index (χ3n) is 5.50. The van der Waals surface area contributed by atoms with Crippen LogP contribution >= 0.6 is 0 Å². The second-order valence-electron chi connectivity index (χ2n) is 7.25. The normalized spacial score (nSPS) is 27.4. The van der Waals surface area contributed by atoms with Gasteiger partial charge in [0, 0.05) is 26.3 Å². The van der Waals surface area contributed by atoms with Crippen LogP contribution in [0.2, 0.25) is 0 Å². The molecule has 1 atom stereocenters. The minimum absolute atomic E-state index is 0.457. The molecule has 2 rings (SSSR count). The van der Waals surface area contributed by atoms with E-state index in [2.05, 4.69) is 24.1 Å². The van der Waals surface area contributed by atoms with Crippen LogP contribution in [-0.4, -0.2) is 50.8 Å². The summed E-state index contributed by atoms with van der Waals surface area (Å²) in [4.78, 5) is 2.76. The number of nitrogens with zero attached hydrogens (tertiary/aromatic N) is 1. The van der Waals surface area contributed by atoms with Crippen LogP contribution in [0.3, 0.4) is 0 Å². The molecule has 1 unspecified atom stereocenters. The second-order valence-corrected chi connectivity index (χ2v) is 7.25. The number of likely N-dealkylation sites (tertiary alicyclic amines) is 1. The number of nitrogens with one attached hydrogen (secondary N) is 1. The van der Waals surface area contributed by atoms with Crippen molar-refractivity contribution in [2.45, 2.75) is 58.8 Å². The van der Waals surface area contributed by atoms with Gasteiger partial charge in [-0.3, -0.25) is 0 Å². The fraction of sp³-hybridized carbons (Fsp3) is 1.00. The molecule has 0 aromatic rings. The molecule has 0 spiro atoms. The first-order valence-corrected chi connectivity index (χ1v) is 9.29. The highest BCUT2D eigenvalue weighted by atomic mass is 16.5. The Kier molecular flexibility index (Phi) is 7.48. The van der Waals surface area contributed by atoms with Gasteiger partial charge >= 0.3 is 0 Å². The lowest BCUT2D eigenvalue weighted by Crippen LogP contribution is -2.47. The van der Waals surface area contributed by atoms with E-state index < -0.39 is 0 Å². The van der Waals surface area contributed by atoms with Gasteiger partial charge in [-0.2, -0.15) is 0 Å². The molecule has 3 nitrogen and oxygen atoms in total. The Morgan fingerprint density at radius 2 is 1.95 bits per heavy atom. The van der Waals surface area contributed by atoms with Crippen molar-refractivity contribution >= 4 is 0 Å². The Balaban J connectivity index is 1.87. The molecule has 0 aliphatic carbocycles. The van der Waals surface area contributed by atoms with Crippen molar-refractivity contribution in [2.75, 3.05) is 45.9 Å². The standard InChI is InChI=1S/C18H36N2O/c1-3-6-17-7-5-11-20(12-8-17)16-18(15-19-4-2)9-13-21-14-10-18/h17,19H,3-16H2,1-2H3. The van der Waals surface area contributed by atoms with Crippen LogP contribution in [0, 0.1) is 11.3 Å². The SMILES string of the molecule is CCCC1CCCN(CC2(CNCC)CCOCC2)CC1. The minimum atomic E-state index is 0.457. The quantitative estimate of drug-likeness (QED) is 0.780. The summed E-state index contributed by atoms with van der Waals surface area (Å²) in [7, 11) is 0. The molecule has 2 saturated heterocycles. The van der Waals surface area contributed by atoms with Crippen molar-refractivity contribution in [3.8, 4) is 0 Å².